The molecule has 3 aromatic rings. The molecule has 19 heavy (non-hydrogen) atoms. The standard InChI is InChI=1S/C14H10ClFN2S/c15-10-6-5-9(11(16)7-10)8-19-14-17-12-3-1-2-4-13(12)18-14/h1-7H,8H2,(H,17,18). The molecule has 2 aromatic carbocycles. The van der Waals surface area contributed by atoms with Gasteiger partial charge in [-0.3, -0.25) is 0 Å². The minimum absolute atomic E-state index is 0.281. The van der Waals surface area contributed by atoms with Crippen molar-refractivity contribution in [1.82, 2.24) is 9.97 Å². The molecule has 5 heteroatoms. The van der Waals surface area contributed by atoms with Gasteiger partial charge in [-0.25, -0.2) is 9.37 Å². The summed E-state index contributed by atoms with van der Waals surface area (Å²) in [6.45, 7) is 0. The summed E-state index contributed by atoms with van der Waals surface area (Å²) >= 11 is 7.19. The Kier molecular flexibility index (Phi) is 3.44. The SMILES string of the molecule is Fc1cc(Cl)ccc1CSc1nc2ccccc2[nH]1. The van der Waals surface area contributed by atoms with Crippen molar-refractivity contribution in [2.24, 2.45) is 0 Å². The molecule has 0 spiro atoms. The highest BCUT2D eigenvalue weighted by Gasteiger charge is 2.06. The molecule has 1 aromatic heterocycles. The zero-order chi connectivity index (χ0) is 13.2. The van der Waals surface area contributed by atoms with Crippen LogP contribution in [0.3, 0.4) is 0 Å². The van der Waals surface area contributed by atoms with Crippen LogP contribution in [0.25, 0.3) is 11.0 Å². The number of nitrogens with zero attached hydrogens (tertiary/aromatic N) is 1. The number of para-hydroxylation sites is 2. The molecular weight excluding hydrogens is 283 g/mol. The maximum atomic E-state index is 13.6. The minimum atomic E-state index is -0.281. The fourth-order valence-electron chi connectivity index (χ4n) is 1.78. The average Bonchev–Trinajstić information content (AvgIpc) is 2.80. The molecule has 0 aliphatic carbocycles. The number of thioether (sulfide) groups is 1. The summed E-state index contributed by atoms with van der Waals surface area (Å²) in [7, 11) is 0. The van der Waals surface area contributed by atoms with Gasteiger partial charge in [-0.1, -0.05) is 41.6 Å². The van der Waals surface area contributed by atoms with Gasteiger partial charge in [0, 0.05) is 10.8 Å². The Bertz CT molecular complexity index is 693. The van der Waals surface area contributed by atoms with E-state index in [1.807, 2.05) is 24.3 Å². The molecular formula is C14H10ClFN2S. The summed E-state index contributed by atoms with van der Waals surface area (Å²) in [4.78, 5) is 7.63. The number of aromatic amines is 1. The second-order valence-corrected chi connectivity index (χ2v) is 5.48. The monoisotopic (exact) mass is 292 g/mol. The Hall–Kier alpha value is -1.52. The van der Waals surface area contributed by atoms with Crippen LogP contribution in [0, 0.1) is 5.82 Å². The number of nitrogens with one attached hydrogen (secondary N) is 1. The van der Waals surface area contributed by atoms with E-state index < -0.39 is 0 Å². The number of benzene rings is 2. The highest BCUT2D eigenvalue weighted by molar-refractivity contribution is 7.98. The summed E-state index contributed by atoms with van der Waals surface area (Å²) in [5.74, 6) is 0.235. The van der Waals surface area contributed by atoms with Crippen molar-refractivity contribution in [1.29, 1.82) is 0 Å². The zero-order valence-corrected chi connectivity index (χ0v) is 11.4. The molecule has 0 saturated carbocycles. The first kappa shape index (κ1) is 12.5. The van der Waals surface area contributed by atoms with Gasteiger partial charge in [-0.15, -0.1) is 0 Å². The van der Waals surface area contributed by atoms with Crippen LogP contribution in [0.1, 0.15) is 5.56 Å². The first-order valence-electron chi connectivity index (χ1n) is 5.74. The van der Waals surface area contributed by atoms with Crippen LogP contribution in [-0.4, -0.2) is 9.97 Å². The number of H-pyrrole nitrogens is 1. The molecule has 0 aliphatic rings. The van der Waals surface area contributed by atoms with Crippen LogP contribution in [0.15, 0.2) is 47.6 Å². The van der Waals surface area contributed by atoms with Crippen molar-refractivity contribution in [2.75, 3.05) is 0 Å². The Morgan fingerprint density at radius 3 is 2.84 bits per heavy atom. The van der Waals surface area contributed by atoms with Crippen molar-refractivity contribution in [2.45, 2.75) is 10.9 Å². The highest BCUT2D eigenvalue weighted by Crippen LogP contribution is 2.25. The number of fused-ring (bicyclic) bond motifs is 1. The number of hydrogen-bond donors (Lipinski definition) is 1. The lowest BCUT2D eigenvalue weighted by Gasteiger charge is -2.01. The van der Waals surface area contributed by atoms with Gasteiger partial charge in [-0.05, 0) is 29.8 Å². The van der Waals surface area contributed by atoms with Crippen LogP contribution in [-0.2, 0) is 5.75 Å². The molecule has 2 nitrogen and oxygen atoms in total. The Balaban J connectivity index is 1.78. The van der Waals surface area contributed by atoms with E-state index >= 15 is 0 Å². The third kappa shape index (κ3) is 2.74. The lowest BCUT2D eigenvalue weighted by atomic mass is 10.2. The first-order chi connectivity index (χ1) is 9.22. The lowest BCUT2D eigenvalue weighted by Crippen LogP contribution is -1.87. The summed E-state index contributed by atoms with van der Waals surface area (Å²) in [6.07, 6.45) is 0. The van der Waals surface area contributed by atoms with Crippen LogP contribution < -0.4 is 0 Å². The predicted molar refractivity (Wildman–Crippen MR) is 77.1 cm³/mol. The van der Waals surface area contributed by atoms with Crippen LogP contribution >= 0.6 is 23.4 Å². The van der Waals surface area contributed by atoms with E-state index in [9.17, 15) is 4.39 Å². The Morgan fingerprint density at radius 2 is 2.05 bits per heavy atom. The molecule has 0 aliphatic heterocycles. The molecule has 0 amide bonds. The summed E-state index contributed by atoms with van der Waals surface area (Å²) in [6, 6.07) is 12.5. The fraction of sp³-hybridized carbons (Fsp3) is 0.0714. The first-order valence-corrected chi connectivity index (χ1v) is 7.10. The quantitative estimate of drug-likeness (QED) is 0.712. The van der Waals surface area contributed by atoms with E-state index in [2.05, 4.69) is 9.97 Å². The Labute approximate surface area is 119 Å². The molecule has 0 saturated heterocycles. The Morgan fingerprint density at radius 1 is 1.21 bits per heavy atom. The van der Waals surface area contributed by atoms with Gasteiger partial charge in [-0.2, -0.15) is 0 Å². The number of rotatable bonds is 3. The average molecular weight is 293 g/mol. The predicted octanol–water partition coefficient (Wildman–Crippen LogP) is 4.65. The van der Waals surface area contributed by atoms with E-state index in [4.69, 9.17) is 11.6 Å². The summed E-state index contributed by atoms with van der Waals surface area (Å²) < 4.78 is 13.6. The smallest absolute Gasteiger partial charge is 0.166 e. The molecule has 96 valence electrons. The molecule has 0 radical (unpaired) electrons. The van der Waals surface area contributed by atoms with Crippen LogP contribution in [0.5, 0.6) is 0 Å². The van der Waals surface area contributed by atoms with E-state index in [0.717, 1.165) is 16.2 Å². The van der Waals surface area contributed by atoms with Gasteiger partial charge in [0.05, 0.1) is 11.0 Å². The number of hydrogen-bond acceptors (Lipinski definition) is 2. The molecule has 0 fully saturated rings. The second kappa shape index (κ2) is 5.23. The second-order valence-electron chi connectivity index (χ2n) is 4.08. The molecule has 0 bridgehead atoms. The van der Waals surface area contributed by atoms with Crippen LogP contribution in [0.2, 0.25) is 5.02 Å². The third-order valence-corrected chi connectivity index (χ3v) is 3.90. The molecule has 1 N–H and O–H groups in total. The van der Waals surface area contributed by atoms with Crippen molar-refractivity contribution in [3.8, 4) is 0 Å². The van der Waals surface area contributed by atoms with Crippen molar-refractivity contribution in [3.63, 3.8) is 0 Å². The van der Waals surface area contributed by atoms with E-state index in [0.29, 0.717) is 16.3 Å². The van der Waals surface area contributed by atoms with E-state index in [1.165, 1.54) is 17.8 Å². The maximum Gasteiger partial charge on any atom is 0.166 e. The van der Waals surface area contributed by atoms with Gasteiger partial charge >= 0.3 is 0 Å². The summed E-state index contributed by atoms with van der Waals surface area (Å²) in [5.41, 5.74) is 2.53. The van der Waals surface area contributed by atoms with Crippen LogP contribution in [0.4, 0.5) is 4.39 Å². The maximum absolute atomic E-state index is 13.6. The topological polar surface area (TPSA) is 28.7 Å². The van der Waals surface area contributed by atoms with Gasteiger partial charge < -0.3 is 4.98 Å². The van der Waals surface area contributed by atoms with Gasteiger partial charge in [0.2, 0.25) is 0 Å². The van der Waals surface area contributed by atoms with E-state index in [1.54, 1.807) is 12.1 Å². The molecule has 3 rings (SSSR count). The van der Waals surface area contributed by atoms with E-state index in [-0.39, 0.29) is 5.82 Å². The third-order valence-electron chi connectivity index (χ3n) is 2.75. The summed E-state index contributed by atoms with van der Waals surface area (Å²) in [5, 5.41) is 1.20. The largest absolute Gasteiger partial charge is 0.333 e. The fourth-order valence-corrected chi connectivity index (χ4v) is 2.81. The van der Waals surface area contributed by atoms with Crippen molar-refractivity contribution >= 4 is 34.4 Å². The van der Waals surface area contributed by atoms with Crippen molar-refractivity contribution in [3.05, 3.63) is 58.9 Å². The van der Waals surface area contributed by atoms with Gasteiger partial charge in [0.1, 0.15) is 5.82 Å². The number of imidazole rings is 1. The molecule has 0 unspecified atom stereocenters. The molecule has 0 atom stereocenters. The number of aromatic nitrogens is 2. The molecule has 1 heterocycles. The lowest BCUT2D eigenvalue weighted by molar-refractivity contribution is 0.617. The normalized spacial score (nSPS) is 11.1. The van der Waals surface area contributed by atoms with Gasteiger partial charge in [0.25, 0.3) is 0 Å². The zero-order valence-electron chi connectivity index (χ0n) is 9.86. The number of halogens is 2. The van der Waals surface area contributed by atoms with Gasteiger partial charge in [0.15, 0.2) is 5.16 Å². The minimum Gasteiger partial charge on any atom is -0.333 e. The highest BCUT2D eigenvalue weighted by atomic mass is 35.5. The van der Waals surface area contributed by atoms with Crippen molar-refractivity contribution < 1.29 is 4.39 Å².